The highest BCUT2D eigenvalue weighted by atomic mass is 16.6. The number of carbonyl (C=O) groups excluding carboxylic acids is 2. The van der Waals surface area contributed by atoms with Gasteiger partial charge in [-0.05, 0) is 26.7 Å². The highest BCUT2D eigenvalue weighted by Gasteiger charge is 2.38. The smallest absolute Gasteiger partial charge is 0.410 e. The van der Waals surface area contributed by atoms with Gasteiger partial charge < -0.3 is 14.5 Å². The summed E-state index contributed by atoms with van der Waals surface area (Å²) in [6.07, 6.45) is 2.92. The number of ether oxygens (including phenoxy) is 1. The molecule has 0 saturated carbocycles. The molecule has 0 aromatic carbocycles. The largest absolute Gasteiger partial charge is 0.449 e. The quantitative estimate of drug-likeness (QED) is 0.793. The molecule has 2 saturated heterocycles. The summed E-state index contributed by atoms with van der Waals surface area (Å²) in [5.41, 5.74) is 2.95. The second-order valence-corrected chi connectivity index (χ2v) is 8.68. The Balaban J connectivity index is 1.46. The minimum atomic E-state index is -0.233. The topological polar surface area (TPSA) is 80.0 Å². The van der Waals surface area contributed by atoms with Gasteiger partial charge in [-0.25, -0.2) is 14.3 Å². The summed E-state index contributed by atoms with van der Waals surface area (Å²) in [4.78, 5) is 33.3. The number of hydrogen-bond acceptors (Lipinski definition) is 5. The van der Waals surface area contributed by atoms with Crippen LogP contribution in [0.3, 0.4) is 0 Å². The van der Waals surface area contributed by atoms with Crippen LogP contribution in [0.4, 0.5) is 4.79 Å². The monoisotopic (exact) mass is 385 g/mol. The predicted molar refractivity (Wildman–Crippen MR) is 103 cm³/mol. The van der Waals surface area contributed by atoms with E-state index in [4.69, 9.17) is 4.74 Å². The first-order chi connectivity index (χ1) is 13.2. The number of aromatic nitrogens is 3. The number of nitrogens with zero attached hydrogens (tertiary/aromatic N) is 5. The maximum absolute atomic E-state index is 13.1. The van der Waals surface area contributed by atoms with E-state index in [1.165, 1.54) is 0 Å². The van der Waals surface area contributed by atoms with Crippen LogP contribution < -0.4 is 0 Å². The lowest BCUT2D eigenvalue weighted by molar-refractivity contribution is -0.0153. The van der Waals surface area contributed by atoms with Gasteiger partial charge in [-0.15, -0.1) is 0 Å². The van der Waals surface area contributed by atoms with Gasteiger partial charge >= 0.3 is 6.09 Å². The molecular formula is C20H27N5O3. The minimum absolute atomic E-state index is 0.0277. The van der Waals surface area contributed by atoms with Crippen molar-refractivity contribution in [3.05, 3.63) is 29.2 Å². The zero-order valence-electron chi connectivity index (χ0n) is 16.9. The van der Waals surface area contributed by atoms with Crippen LogP contribution in [0.15, 0.2) is 12.3 Å². The van der Waals surface area contributed by atoms with Crippen molar-refractivity contribution >= 4 is 17.6 Å². The van der Waals surface area contributed by atoms with E-state index >= 15 is 0 Å². The van der Waals surface area contributed by atoms with Crippen LogP contribution in [-0.4, -0.2) is 68.7 Å². The number of cyclic esters (lactones) is 1. The van der Waals surface area contributed by atoms with Crippen molar-refractivity contribution in [3.8, 4) is 0 Å². The highest BCUT2D eigenvalue weighted by molar-refractivity contribution is 5.95. The van der Waals surface area contributed by atoms with Crippen molar-refractivity contribution in [1.29, 1.82) is 0 Å². The maximum Gasteiger partial charge on any atom is 0.410 e. The third-order valence-corrected chi connectivity index (χ3v) is 5.69. The second kappa shape index (κ2) is 6.76. The fourth-order valence-electron chi connectivity index (χ4n) is 4.11. The van der Waals surface area contributed by atoms with Gasteiger partial charge in [0, 0.05) is 43.4 Å². The molecule has 8 nitrogen and oxygen atoms in total. The molecule has 0 spiro atoms. The number of carbonyl (C=O) groups is 2. The lowest BCUT2D eigenvalue weighted by Gasteiger charge is -2.44. The molecule has 0 bridgehead atoms. The van der Waals surface area contributed by atoms with E-state index < -0.39 is 0 Å². The fourth-order valence-corrected chi connectivity index (χ4v) is 4.11. The molecule has 2 aromatic rings. The fraction of sp³-hybridized carbons (Fsp3) is 0.600. The summed E-state index contributed by atoms with van der Waals surface area (Å²) in [7, 11) is 0. The van der Waals surface area contributed by atoms with Crippen LogP contribution in [0.25, 0.3) is 5.65 Å². The number of amides is 2. The molecule has 2 aromatic heterocycles. The zero-order valence-corrected chi connectivity index (χ0v) is 16.9. The molecule has 4 rings (SSSR count). The van der Waals surface area contributed by atoms with Crippen LogP contribution in [0, 0.1) is 19.3 Å². The molecule has 150 valence electrons. The Morgan fingerprint density at radius 1 is 1.25 bits per heavy atom. The van der Waals surface area contributed by atoms with Gasteiger partial charge in [-0.2, -0.15) is 5.10 Å². The number of aryl methyl sites for hydroxylation is 2. The van der Waals surface area contributed by atoms with Crippen LogP contribution in [0.2, 0.25) is 0 Å². The molecule has 0 atom stereocenters. The zero-order chi connectivity index (χ0) is 20.1. The normalized spacial score (nSPS) is 20.5. The van der Waals surface area contributed by atoms with Crippen molar-refractivity contribution in [2.75, 3.05) is 26.2 Å². The number of rotatable bonds is 2. The summed E-state index contributed by atoms with van der Waals surface area (Å²) < 4.78 is 7.07. The van der Waals surface area contributed by atoms with Crippen LogP contribution >= 0.6 is 0 Å². The van der Waals surface area contributed by atoms with Crippen LogP contribution in [0.5, 0.6) is 0 Å². The van der Waals surface area contributed by atoms with Crippen molar-refractivity contribution in [2.24, 2.45) is 5.41 Å². The van der Waals surface area contributed by atoms with Crippen LogP contribution in [-0.2, 0) is 4.74 Å². The van der Waals surface area contributed by atoms with Gasteiger partial charge in [0.05, 0.1) is 23.6 Å². The van der Waals surface area contributed by atoms with E-state index in [0.717, 1.165) is 29.9 Å². The van der Waals surface area contributed by atoms with Gasteiger partial charge in [-0.3, -0.25) is 4.79 Å². The molecule has 2 aliphatic heterocycles. The molecule has 4 heterocycles. The van der Waals surface area contributed by atoms with E-state index in [9.17, 15) is 9.59 Å². The van der Waals surface area contributed by atoms with Crippen molar-refractivity contribution in [2.45, 2.75) is 46.6 Å². The summed E-state index contributed by atoms with van der Waals surface area (Å²) in [5, 5.41) is 4.42. The van der Waals surface area contributed by atoms with Gasteiger partial charge in [-0.1, -0.05) is 13.8 Å². The highest BCUT2D eigenvalue weighted by Crippen LogP contribution is 2.28. The first kappa shape index (κ1) is 18.7. The number of hydrogen-bond donors (Lipinski definition) is 0. The summed E-state index contributed by atoms with van der Waals surface area (Å²) >= 11 is 0. The molecular weight excluding hydrogens is 358 g/mol. The third kappa shape index (κ3) is 3.31. The average Bonchev–Trinajstić information content (AvgIpc) is 3.05. The Hall–Kier alpha value is -2.64. The van der Waals surface area contributed by atoms with E-state index in [0.29, 0.717) is 31.8 Å². The Bertz CT molecular complexity index is 927. The van der Waals surface area contributed by atoms with Gasteiger partial charge in [0.25, 0.3) is 5.91 Å². The minimum Gasteiger partial charge on any atom is -0.449 e. The lowest BCUT2D eigenvalue weighted by Crippen LogP contribution is -2.55. The Labute approximate surface area is 164 Å². The molecule has 2 aliphatic rings. The molecule has 2 amide bonds. The van der Waals surface area contributed by atoms with Gasteiger partial charge in [0.1, 0.15) is 0 Å². The van der Waals surface area contributed by atoms with Crippen molar-refractivity contribution in [3.63, 3.8) is 0 Å². The summed E-state index contributed by atoms with van der Waals surface area (Å²) in [6.45, 7) is 10.4. The number of fused-ring (bicyclic) bond motifs is 1. The summed E-state index contributed by atoms with van der Waals surface area (Å²) in [5.74, 6) is -0.0277. The average molecular weight is 385 g/mol. The maximum atomic E-state index is 13.1. The SMILES string of the molecule is Cc1cc2ncc(C(=O)N3CCC(N4CC(C)(C)COC4=O)CC3)c(C)n2n1. The van der Waals surface area contributed by atoms with E-state index in [2.05, 4.69) is 23.9 Å². The Kier molecular flexibility index (Phi) is 4.51. The van der Waals surface area contributed by atoms with E-state index in [1.54, 1.807) is 10.7 Å². The Morgan fingerprint density at radius 2 is 1.96 bits per heavy atom. The second-order valence-electron chi connectivity index (χ2n) is 8.68. The van der Waals surface area contributed by atoms with Gasteiger partial charge in [0.15, 0.2) is 5.65 Å². The predicted octanol–water partition coefficient (Wildman–Crippen LogP) is 2.43. The molecule has 0 radical (unpaired) electrons. The molecule has 0 unspecified atom stereocenters. The standard InChI is InChI=1S/C20H27N5O3/c1-13-9-17-21-10-16(14(2)25(17)22-13)18(26)23-7-5-15(6-8-23)24-11-20(3,4)12-28-19(24)27/h9-10,15H,5-8,11-12H2,1-4H3. The van der Waals surface area contributed by atoms with Gasteiger partial charge in [0.2, 0.25) is 0 Å². The molecule has 2 fully saturated rings. The van der Waals surface area contributed by atoms with Crippen molar-refractivity contribution < 1.29 is 14.3 Å². The number of likely N-dealkylation sites (tertiary alicyclic amines) is 1. The Morgan fingerprint density at radius 3 is 2.68 bits per heavy atom. The lowest BCUT2D eigenvalue weighted by atomic mass is 9.91. The third-order valence-electron chi connectivity index (χ3n) is 5.69. The van der Waals surface area contributed by atoms with Crippen molar-refractivity contribution in [1.82, 2.24) is 24.4 Å². The van der Waals surface area contributed by atoms with Crippen LogP contribution in [0.1, 0.15) is 48.4 Å². The van der Waals surface area contributed by atoms with E-state index in [1.807, 2.05) is 29.7 Å². The first-order valence-electron chi connectivity index (χ1n) is 9.80. The summed E-state index contributed by atoms with van der Waals surface area (Å²) in [6, 6.07) is 2.01. The number of piperidine rings is 1. The first-order valence-corrected chi connectivity index (χ1v) is 9.80. The molecule has 0 aliphatic carbocycles. The van der Waals surface area contributed by atoms with E-state index in [-0.39, 0.29) is 23.5 Å². The molecule has 28 heavy (non-hydrogen) atoms. The molecule has 8 heteroatoms. The molecule has 0 N–H and O–H groups in total.